The molecule has 3 nitrogen and oxygen atoms in total. The summed E-state index contributed by atoms with van der Waals surface area (Å²) in [5, 5.41) is 2.78. The van der Waals surface area contributed by atoms with Crippen LogP contribution in [-0.2, 0) is 6.54 Å². The highest BCUT2D eigenvalue weighted by Crippen LogP contribution is 2.18. The van der Waals surface area contributed by atoms with Gasteiger partial charge in [-0.1, -0.05) is 12.1 Å². The highest BCUT2D eigenvalue weighted by molar-refractivity contribution is 9.10. The van der Waals surface area contributed by atoms with Crippen molar-refractivity contribution in [2.24, 2.45) is 0 Å². The maximum Gasteiger partial charge on any atom is 0.252 e. The molecule has 2 aromatic carbocycles. The summed E-state index contributed by atoms with van der Waals surface area (Å²) in [6.45, 7) is 0.375. The first kappa shape index (κ1) is 14.5. The fourth-order valence-electron chi connectivity index (χ4n) is 1.73. The zero-order chi connectivity index (χ0) is 14.5. The maximum absolute atomic E-state index is 13.0. The summed E-state index contributed by atoms with van der Waals surface area (Å²) >= 11 is 3.18. The summed E-state index contributed by atoms with van der Waals surface area (Å²) in [5.74, 6) is 0.0839. The third-order valence-electron chi connectivity index (χ3n) is 2.76. The molecule has 104 valence electrons. The molecule has 0 atom stereocenters. The van der Waals surface area contributed by atoms with Gasteiger partial charge in [-0.25, -0.2) is 4.39 Å². The Hall–Kier alpha value is -1.88. The summed E-state index contributed by atoms with van der Waals surface area (Å²) < 4.78 is 18.5. The molecule has 1 amide bonds. The first-order valence-electron chi connectivity index (χ1n) is 5.96. The van der Waals surface area contributed by atoms with Crippen LogP contribution in [0.1, 0.15) is 15.9 Å². The molecule has 5 heteroatoms. The Morgan fingerprint density at radius 1 is 1.30 bits per heavy atom. The van der Waals surface area contributed by atoms with E-state index in [1.807, 2.05) is 24.3 Å². The number of halogens is 2. The van der Waals surface area contributed by atoms with Gasteiger partial charge < -0.3 is 10.1 Å². The van der Waals surface area contributed by atoms with E-state index >= 15 is 0 Å². The molecule has 0 spiro atoms. The second-order valence-corrected chi connectivity index (χ2v) is 5.01. The fourth-order valence-corrected chi connectivity index (χ4v) is 2.26. The largest absolute Gasteiger partial charge is 0.497 e. The zero-order valence-electron chi connectivity index (χ0n) is 10.8. The Morgan fingerprint density at radius 3 is 2.80 bits per heavy atom. The molecule has 0 aliphatic rings. The van der Waals surface area contributed by atoms with Crippen LogP contribution in [0, 0.1) is 5.82 Å². The van der Waals surface area contributed by atoms with Crippen molar-refractivity contribution in [1.29, 1.82) is 0 Å². The molecule has 0 unspecified atom stereocenters. The van der Waals surface area contributed by atoms with E-state index in [4.69, 9.17) is 4.74 Å². The monoisotopic (exact) mass is 337 g/mol. The number of hydrogen-bond acceptors (Lipinski definition) is 2. The molecule has 0 saturated heterocycles. The smallest absolute Gasteiger partial charge is 0.252 e. The minimum absolute atomic E-state index is 0.264. The van der Waals surface area contributed by atoms with E-state index in [2.05, 4.69) is 21.2 Å². The predicted octanol–water partition coefficient (Wildman–Crippen LogP) is 3.53. The van der Waals surface area contributed by atoms with Gasteiger partial charge in [-0.15, -0.1) is 0 Å². The molecule has 2 aromatic rings. The number of methoxy groups -OCH3 is 1. The van der Waals surface area contributed by atoms with Crippen molar-refractivity contribution in [3.8, 4) is 5.75 Å². The highest BCUT2D eigenvalue weighted by atomic mass is 79.9. The number of rotatable bonds is 4. The molecule has 0 saturated carbocycles. The first-order valence-corrected chi connectivity index (χ1v) is 6.75. The van der Waals surface area contributed by atoms with Gasteiger partial charge in [-0.3, -0.25) is 4.79 Å². The van der Waals surface area contributed by atoms with Gasteiger partial charge in [0.05, 0.1) is 12.7 Å². The molecule has 0 radical (unpaired) electrons. The third kappa shape index (κ3) is 3.57. The van der Waals surface area contributed by atoms with E-state index < -0.39 is 0 Å². The lowest BCUT2D eigenvalue weighted by molar-refractivity contribution is 0.0950. The topological polar surface area (TPSA) is 38.3 Å². The number of carbonyl (C=O) groups is 1. The SMILES string of the molecule is COc1cccc(CNC(=O)c2ccc(F)cc2Br)c1. The van der Waals surface area contributed by atoms with Crippen LogP contribution in [0.4, 0.5) is 4.39 Å². The lowest BCUT2D eigenvalue weighted by atomic mass is 10.2. The van der Waals surface area contributed by atoms with Crippen LogP contribution in [-0.4, -0.2) is 13.0 Å². The molecule has 1 N–H and O–H groups in total. The van der Waals surface area contributed by atoms with Gasteiger partial charge in [0, 0.05) is 11.0 Å². The van der Waals surface area contributed by atoms with Crippen LogP contribution in [0.25, 0.3) is 0 Å². The van der Waals surface area contributed by atoms with E-state index in [1.165, 1.54) is 18.2 Å². The molecule has 0 bridgehead atoms. The Bertz CT molecular complexity index is 631. The maximum atomic E-state index is 13.0. The number of ether oxygens (including phenoxy) is 1. The van der Waals surface area contributed by atoms with Crippen molar-refractivity contribution in [2.45, 2.75) is 6.54 Å². The summed E-state index contributed by atoms with van der Waals surface area (Å²) in [6.07, 6.45) is 0. The average Bonchev–Trinajstić information content (AvgIpc) is 2.45. The molecule has 2 rings (SSSR count). The van der Waals surface area contributed by atoms with Gasteiger partial charge in [0.2, 0.25) is 0 Å². The van der Waals surface area contributed by atoms with Gasteiger partial charge in [0.25, 0.3) is 5.91 Å². The van der Waals surface area contributed by atoms with Gasteiger partial charge in [-0.05, 0) is 51.8 Å². The average molecular weight is 338 g/mol. The quantitative estimate of drug-likeness (QED) is 0.926. The fraction of sp³-hybridized carbons (Fsp3) is 0.133. The Morgan fingerprint density at radius 2 is 2.10 bits per heavy atom. The standard InChI is InChI=1S/C15H13BrFNO2/c1-20-12-4-2-3-10(7-12)9-18-15(19)13-6-5-11(17)8-14(13)16/h2-8H,9H2,1H3,(H,18,19). The zero-order valence-corrected chi connectivity index (χ0v) is 12.4. The summed E-state index contributed by atoms with van der Waals surface area (Å²) in [7, 11) is 1.59. The molecular formula is C15H13BrFNO2. The van der Waals surface area contributed by atoms with E-state index in [1.54, 1.807) is 7.11 Å². The van der Waals surface area contributed by atoms with Gasteiger partial charge in [-0.2, -0.15) is 0 Å². The lowest BCUT2D eigenvalue weighted by Gasteiger charge is -2.08. The number of carbonyl (C=O) groups excluding carboxylic acids is 1. The number of nitrogens with one attached hydrogen (secondary N) is 1. The van der Waals surface area contributed by atoms with Gasteiger partial charge >= 0.3 is 0 Å². The molecule has 0 fully saturated rings. The molecule has 0 aliphatic carbocycles. The number of benzene rings is 2. The van der Waals surface area contributed by atoms with Crippen LogP contribution in [0.2, 0.25) is 0 Å². The molecular weight excluding hydrogens is 325 g/mol. The van der Waals surface area contributed by atoms with Crippen molar-refractivity contribution in [2.75, 3.05) is 7.11 Å². The minimum atomic E-state index is -0.388. The van der Waals surface area contributed by atoms with Gasteiger partial charge in [0.1, 0.15) is 11.6 Å². The summed E-state index contributed by atoms with van der Waals surface area (Å²) in [5.41, 5.74) is 1.32. The second kappa shape index (κ2) is 6.52. The van der Waals surface area contributed by atoms with E-state index in [9.17, 15) is 9.18 Å². The van der Waals surface area contributed by atoms with Crippen LogP contribution in [0.5, 0.6) is 5.75 Å². The molecule has 0 aromatic heterocycles. The lowest BCUT2D eigenvalue weighted by Crippen LogP contribution is -2.23. The van der Waals surface area contributed by atoms with Crippen molar-refractivity contribution < 1.29 is 13.9 Å². The van der Waals surface area contributed by atoms with Crippen LogP contribution >= 0.6 is 15.9 Å². The first-order chi connectivity index (χ1) is 9.60. The number of hydrogen-bond donors (Lipinski definition) is 1. The minimum Gasteiger partial charge on any atom is -0.497 e. The Labute approximate surface area is 124 Å². The van der Waals surface area contributed by atoms with Crippen molar-refractivity contribution in [1.82, 2.24) is 5.32 Å². The van der Waals surface area contributed by atoms with Crippen molar-refractivity contribution in [3.63, 3.8) is 0 Å². The Balaban J connectivity index is 2.04. The molecule has 20 heavy (non-hydrogen) atoms. The predicted molar refractivity (Wildman–Crippen MR) is 78.3 cm³/mol. The van der Waals surface area contributed by atoms with Crippen molar-refractivity contribution in [3.05, 3.63) is 63.9 Å². The summed E-state index contributed by atoms with van der Waals surface area (Å²) in [4.78, 5) is 12.0. The van der Waals surface area contributed by atoms with E-state index in [0.717, 1.165) is 11.3 Å². The van der Waals surface area contributed by atoms with Crippen LogP contribution < -0.4 is 10.1 Å². The van der Waals surface area contributed by atoms with Crippen molar-refractivity contribution >= 4 is 21.8 Å². The molecule has 0 aliphatic heterocycles. The summed E-state index contributed by atoms with van der Waals surface area (Å²) in [6, 6.07) is 11.4. The highest BCUT2D eigenvalue weighted by Gasteiger charge is 2.10. The normalized spacial score (nSPS) is 10.2. The van der Waals surface area contributed by atoms with E-state index in [-0.39, 0.29) is 11.7 Å². The van der Waals surface area contributed by atoms with Crippen LogP contribution in [0.15, 0.2) is 46.9 Å². The number of amides is 1. The third-order valence-corrected chi connectivity index (χ3v) is 3.42. The van der Waals surface area contributed by atoms with Gasteiger partial charge in [0.15, 0.2) is 0 Å². The van der Waals surface area contributed by atoms with Crippen LogP contribution in [0.3, 0.4) is 0 Å². The second-order valence-electron chi connectivity index (χ2n) is 4.16. The molecule has 0 heterocycles. The van der Waals surface area contributed by atoms with E-state index in [0.29, 0.717) is 16.6 Å². The Kier molecular flexibility index (Phi) is 4.74.